The zero-order valence-electron chi connectivity index (χ0n) is 12.5. The van der Waals surface area contributed by atoms with Gasteiger partial charge in [-0.3, -0.25) is 19.3 Å². The van der Waals surface area contributed by atoms with E-state index < -0.39 is 0 Å². The molecule has 24 heavy (non-hydrogen) atoms. The molecule has 0 fully saturated rings. The van der Waals surface area contributed by atoms with Gasteiger partial charge in [-0.05, 0) is 31.2 Å². The van der Waals surface area contributed by atoms with Crippen molar-refractivity contribution in [3.05, 3.63) is 73.3 Å². The van der Waals surface area contributed by atoms with E-state index in [0.717, 1.165) is 0 Å². The van der Waals surface area contributed by atoms with Crippen molar-refractivity contribution in [3.63, 3.8) is 0 Å². The molecular weight excluding hydrogens is 348 g/mol. The Morgan fingerprint density at radius 3 is 2.62 bits per heavy atom. The van der Waals surface area contributed by atoms with Gasteiger partial charge in [-0.2, -0.15) is 0 Å². The molecule has 4 aromatic rings. The highest BCUT2D eigenvalue weighted by Crippen LogP contribution is 2.18. The first-order chi connectivity index (χ1) is 11.6. The van der Waals surface area contributed by atoms with E-state index in [9.17, 15) is 9.59 Å². The topological polar surface area (TPSA) is 72.7 Å². The molecule has 0 amide bonds. The molecule has 0 atom stereocenters. The van der Waals surface area contributed by atoms with Crippen LogP contribution in [0.1, 0.15) is 5.69 Å². The van der Waals surface area contributed by atoms with Crippen molar-refractivity contribution in [1.82, 2.24) is 19.3 Å². The predicted octanol–water partition coefficient (Wildman–Crippen LogP) is 2.89. The normalized spacial score (nSPS) is 11.2. The molecule has 0 spiro atoms. The molecule has 120 valence electrons. The summed E-state index contributed by atoms with van der Waals surface area (Å²) in [5, 5.41) is 6.35. The highest BCUT2D eigenvalue weighted by atomic mass is 35.5. The molecule has 0 saturated heterocycles. The number of rotatable bonds is 2. The molecule has 0 saturated carbocycles. The lowest BCUT2D eigenvalue weighted by atomic mass is 10.2. The summed E-state index contributed by atoms with van der Waals surface area (Å²) >= 11 is 7.24. The summed E-state index contributed by atoms with van der Waals surface area (Å²) in [5.41, 5.74) is 1.23. The van der Waals surface area contributed by atoms with Crippen LogP contribution in [0.5, 0.6) is 0 Å². The highest BCUT2D eigenvalue weighted by Gasteiger charge is 2.16. The minimum Gasteiger partial charge on any atom is -0.290 e. The Hall–Kier alpha value is -2.64. The molecule has 3 aromatic heterocycles. The number of thiazole rings is 1. The van der Waals surface area contributed by atoms with Crippen molar-refractivity contribution in [2.75, 3.05) is 0 Å². The molecule has 0 aliphatic heterocycles. The van der Waals surface area contributed by atoms with Crippen LogP contribution in [-0.2, 0) is 0 Å². The second-order valence-corrected chi connectivity index (χ2v) is 6.54. The standard InChI is InChI=1S/C16H11ClN4O2S/c1-9-14-12(8-13(22)20(9)16-18-6-7-24-16)19-21(15(14)23)11-4-2-10(17)3-5-11/h2-8,19H,1H3. The second kappa shape index (κ2) is 5.47. The Balaban J connectivity index is 2.03. The fourth-order valence-electron chi connectivity index (χ4n) is 2.71. The Kier molecular flexibility index (Phi) is 3.40. The van der Waals surface area contributed by atoms with Gasteiger partial charge in [0.1, 0.15) is 0 Å². The van der Waals surface area contributed by atoms with Gasteiger partial charge < -0.3 is 0 Å². The van der Waals surface area contributed by atoms with Crippen molar-refractivity contribution in [2.45, 2.75) is 6.92 Å². The van der Waals surface area contributed by atoms with Gasteiger partial charge in [0, 0.05) is 28.4 Å². The van der Waals surface area contributed by atoms with E-state index in [-0.39, 0.29) is 11.1 Å². The zero-order valence-corrected chi connectivity index (χ0v) is 14.1. The van der Waals surface area contributed by atoms with Gasteiger partial charge in [0.25, 0.3) is 11.1 Å². The molecule has 3 heterocycles. The summed E-state index contributed by atoms with van der Waals surface area (Å²) in [6.07, 6.45) is 1.62. The van der Waals surface area contributed by atoms with E-state index in [0.29, 0.717) is 32.4 Å². The summed E-state index contributed by atoms with van der Waals surface area (Å²) in [6.45, 7) is 1.74. The van der Waals surface area contributed by atoms with Crippen LogP contribution >= 0.6 is 22.9 Å². The summed E-state index contributed by atoms with van der Waals surface area (Å²) in [5.74, 6) is 0. The van der Waals surface area contributed by atoms with Crippen molar-refractivity contribution in [1.29, 1.82) is 0 Å². The molecule has 8 heteroatoms. The quantitative estimate of drug-likeness (QED) is 0.598. The van der Waals surface area contributed by atoms with Gasteiger partial charge in [0.05, 0.1) is 16.6 Å². The van der Waals surface area contributed by atoms with Crippen LogP contribution in [0.25, 0.3) is 21.7 Å². The fourth-order valence-corrected chi connectivity index (χ4v) is 3.53. The van der Waals surface area contributed by atoms with Crippen LogP contribution in [-0.4, -0.2) is 19.3 Å². The molecule has 0 aliphatic rings. The first-order valence-corrected chi connectivity index (χ1v) is 8.35. The Labute approximate surface area is 144 Å². The molecule has 4 rings (SSSR count). The maximum absolute atomic E-state index is 12.8. The van der Waals surface area contributed by atoms with Crippen molar-refractivity contribution in [2.24, 2.45) is 0 Å². The molecule has 1 N–H and O–H groups in total. The van der Waals surface area contributed by atoms with Crippen molar-refractivity contribution in [3.8, 4) is 10.8 Å². The lowest BCUT2D eigenvalue weighted by Crippen LogP contribution is -2.21. The second-order valence-electron chi connectivity index (χ2n) is 5.24. The molecule has 0 bridgehead atoms. The number of aromatic nitrogens is 4. The minimum atomic E-state index is -0.237. The van der Waals surface area contributed by atoms with Crippen LogP contribution in [0.2, 0.25) is 5.02 Å². The maximum Gasteiger partial charge on any atom is 0.280 e. The summed E-state index contributed by atoms with van der Waals surface area (Å²) in [6, 6.07) is 8.30. The molecule has 0 aliphatic carbocycles. The first kappa shape index (κ1) is 14.9. The fraction of sp³-hybridized carbons (Fsp3) is 0.0625. The van der Waals surface area contributed by atoms with Gasteiger partial charge in [-0.25, -0.2) is 9.67 Å². The maximum atomic E-state index is 12.8. The number of fused-ring (bicyclic) bond motifs is 1. The molecule has 0 radical (unpaired) electrons. The largest absolute Gasteiger partial charge is 0.290 e. The third kappa shape index (κ3) is 2.21. The smallest absolute Gasteiger partial charge is 0.280 e. The van der Waals surface area contributed by atoms with Gasteiger partial charge in [-0.15, -0.1) is 11.3 Å². The molecule has 0 unspecified atom stereocenters. The summed E-state index contributed by atoms with van der Waals surface area (Å²) < 4.78 is 2.86. The van der Waals surface area contributed by atoms with E-state index in [1.807, 2.05) is 0 Å². The van der Waals surface area contributed by atoms with E-state index in [4.69, 9.17) is 11.6 Å². The third-order valence-electron chi connectivity index (χ3n) is 3.80. The third-order valence-corrected chi connectivity index (χ3v) is 4.81. The van der Waals surface area contributed by atoms with Crippen LogP contribution in [0, 0.1) is 6.92 Å². The van der Waals surface area contributed by atoms with Crippen molar-refractivity contribution < 1.29 is 0 Å². The lowest BCUT2D eigenvalue weighted by molar-refractivity contribution is 0.863. The Bertz CT molecular complexity index is 1150. The summed E-state index contributed by atoms with van der Waals surface area (Å²) in [4.78, 5) is 29.4. The molecule has 1 aromatic carbocycles. The number of H-pyrrole nitrogens is 1. The molecular formula is C16H11ClN4O2S. The average molecular weight is 359 g/mol. The van der Waals surface area contributed by atoms with Crippen LogP contribution < -0.4 is 11.1 Å². The number of nitrogens with zero attached hydrogens (tertiary/aromatic N) is 3. The number of benzene rings is 1. The van der Waals surface area contributed by atoms with Crippen LogP contribution in [0.3, 0.4) is 0 Å². The Morgan fingerprint density at radius 2 is 1.96 bits per heavy atom. The van der Waals surface area contributed by atoms with E-state index >= 15 is 0 Å². The average Bonchev–Trinajstić information content (AvgIpc) is 3.17. The number of nitrogens with one attached hydrogen (secondary N) is 1. The monoisotopic (exact) mass is 358 g/mol. The van der Waals surface area contributed by atoms with Crippen LogP contribution in [0.15, 0.2) is 51.5 Å². The zero-order chi connectivity index (χ0) is 16.8. The number of hydrogen-bond acceptors (Lipinski definition) is 4. The van der Waals surface area contributed by atoms with Crippen LogP contribution in [0.4, 0.5) is 0 Å². The highest BCUT2D eigenvalue weighted by molar-refractivity contribution is 7.12. The number of aryl methyl sites for hydroxylation is 1. The van der Waals surface area contributed by atoms with Gasteiger partial charge in [0.15, 0.2) is 5.13 Å². The SMILES string of the molecule is Cc1c2c(=O)n(-c3ccc(Cl)cc3)[nH]c2cc(=O)n1-c1nccs1. The van der Waals surface area contributed by atoms with E-state index in [2.05, 4.69) is 10.1 Å². The first-order valence-electron chi connectivity index (χ1n) is 7.09. The predicted molar refractivity (Wildman–Crippen MR) is 94.9 cm³/mol. The number of pyridine rings is 1. The number of hydrogen-bond donors (Lipinski definition) is 1. The van der Waals surface area contributed by atoms with E-state index in [1.165, 1.54) is 26.7 Å². The van der Waals surface area contributed by atoms with Gasteiger partial charge in [-0.1, -0.05) is 11.6 Å². The van der Waals surface area contributed by atoms with E-state index in [1.54, 1.807) is 42.8 Å². The lowest BCUT2D eigenvalue weighted by Gasteiger charge is -2.05. The Morgan fingerprint density at radius 1 is 1.21 bits per heavy atom. The van der Waals surface area contributed by atoms with Gasteiger partial charge in [0.2, 0.25) is 0 Å². The number of halogens is 1. The summed E-state index contributed by atoms with van der Waals surface area (Å²) in [7, 11) is 0. The van der Waals surface area contributed by atoms with Crippen molar-refractivity contribution >= 4 is 33.8 Å². The molecule has 6 nitrogen and oxygen atoms in total. The minimum absolute atomic E-state index is 0.227. The van der Waals surface area contributed by atoms with Gasteiger partial charge >= 0.3 is 0 Å². The number of aromatic amines is 1.